The first-order valence-corrected chi connectivity index (χ1v) is 6.54. The van der Waals surface area contributed by atoms with Gasteiger partial charge in [-0.15, -0.1) is 0 Å². The van der Waals surface area contributed by atoms with Crippen LogP contribution in [0.15, 0.2) is 0 Å². The zero-order valence-electron chi connectivity index (χ0n) is 10.6. The van der Waals surface area contributed by atoms with E-state index in [0.717, 1.165) is 30.0 Å². The highest BCUT2D eigenvalue weighted by Crippen LogP contribution is 2.20. The number of carbonyl (C=O) groups is 1. The van der Waals surface area contributed by atoms with E-state index in [4.69, 9.17) is 11.6 Å². The Bertz CT molecular complexity index is 464. The van der Waals surface area contributed by atoms with Crippen molar-refractivity contribution in [1.29, 1.82) is 0 Å². The molecule has 1 aliphatic heterocycles. The van der Waals surface area contributed by atoms with Gasteiger partial charge in [0.2, 0.25) is 5.91 Å². The van der Waals surface area contributed by atoms with Crippen molar-refractivity contribution in [3.05, 3.63) is 16.5 Å². The van der Waals surface area contributed by atoms with Crippen LogP contribution in [0.1, 0.15) is 31.2 Å². The highest BCUT2D eigenvalue weighted by molar-refractivity contribution is 6.30. The third-order valence-corrected chi connectivity index (χ3v) is 3.42. The van der Waals surface area contributed by atoms with Gasteiger partial charge in [0.05, 0.1) is 0 Å². The van der Waals surface area contributed by atoms with E-state index in [2.05, 4.69) is 20.6 Å². The predicted octanol–water partition coefficient (Wildman–Crippen LogP) is 1.69. The lowest BCUT2D eigenvalue weighted by Crippen LogP contribution is -2.32. The Morgan fingerprint density at radius 1 is 1.50 bits per heavy atom. The van der Waals surface area contributed by atoms with E-state index in [1.165, 1.54) is 0 Å². The summed E-state index contributed by atoms with van der Waals surface area (Å²) in [5.41, 5.74) is 0.846. The Morgan fingerprint density at radius 3 is 2.89 bits per heavy atom. The minimum atomic E-state index is 0.119. The second-order valence-electron chi connectivity index (χ2n) is 4.44. The van der Waals surface area contributed by atoms with Gasteiger partial charge in [-0.1, -0.05) is 18.5 Å². The monoisotopic (exact) mass is 268 g/mol. The Labute approximate surface area is 111 Å². The number of halogens is 1. The normalized spacial score (nSPS) is 18.8. The highest BCUT2D eigenvalue weighted by Gasteiger charge is 2.20. The van der Waals surface area contributed by atoms with Crippen LogP contribution in [0.2, 0.25) is 5.15 Å². The van der Waals surface area contributed by atoms with Crippen LogP contribution in [0.25, 0.3) is 0 Å². The van der Waals surface area contributed by atoms with Crippen LogP contribution in [-0.4, -0.2) is 28.5 Å². The molecule has 2 heterocycles. The number of nitrogens with one attached hydrogen (secondary N) is 2. The third-order valence-electron chi connectivity index (χ3n) is 3.05. The number of aryl methyl sites for hydroxylation is 1. The highest BCUT2D eigenvalue weighted by atomic mass is 35.5. The molecule has 0 bridgehead atoms. The van der Waals surface area contributed by atoms with Crippen molar-refractivity contribution in [2.45, 2.75) is 39.2 Å². The van der Waals surface area contributed by atoms with Crippen molar-refractivity contribution < 1.29 is 4.79 Å². The number of rotatable bonds is 4. The van der Waals surface area contributed by atoms with E-state index >= 15 is 0 Å². The molecule has 1 atom stereocenters. The lowest BCUT2D eigenvalue weighted by Gasteiger charge is -2.14. The van der Waals surface area contributed by atoms with Crippen LogP contribution in [-0.2, 0) is 11.2 Å². The topological polar surface area (TPSA) is 66.9 Å². The van der Waals surface area contributed by atoms with Gasteiger partial charge >= 0.3 is 0 Å². The minimum Gasteiger partial charge on any atom is -0.368 e. The van der Waals surface area contributed by atoms with Gasteiger partial charge in [0.25, 0.3) is 0 Å². The molecular weight excluding hydrogens is 252 g/mol. The molecule has 2 rings (SSSR count). The van der Waals surface area contributed by atoms with Gasteiger partial charge < -0.3 is 10.6 Å². The number of hydrogen-bond donors (Lipinski definition) is 2. The maximum absolute atomic E-state index is 11.1. The predicted molar refractivity (Wildman–Crippen MR) is 70.8 cm³/mol. The molecule has 0 radical (unpaired) electrons. The second-order valence-corrected chi connectivity index (χ2v) is 4.80. The molecule has 0 saturated carbocycles. The molecule has 98 valence electrons. The van der Waals surface area contributed by atoms with Crippen LogP contribution in [0.4, 0.5) is 5.82 Å². The standard InChI is InChI=1S/C12H17ClN4O/c1-3-9-16-11(13)7(2)12(17-9)14-6-8-4-5-10(18)15-8/h8H,3-6H2,1-2H3,(H,15,18)(H,14,16,17). The van der Waals surface area contributed by atoms with Gasteiger partial charge in [-0.05, 0) is 13.3 Å². The second kappa shape index (κ2) is 5.52. The molecule has 1 fully saturated rings. The Balaban J connectivity index is 2.04. The fourth-order valence-corrected chi connectivity index (χ4v) is 2.10. The fourth-order valence-electron chi connectivity index (χ4n) is 1.91. The van der Waals surface area contributed by atoms with E-state index in [9.17, 15) is 4.79 Å². The van der Waals surface area contributed by atoms with Crippen LogP contribution in [0.5, 0.6) is 0 Å². The minimum absolute atomic E-state index is 0.119. The van der Waals surface area contributed by atoms with Gasteiger partial charge in [-0.3, -0.25) is 4.79 Å². The molecule has 5 nitrogen and oxygen atoms in total. The summed E-state index contributed by atoms with van der Waals surface area (Å²) < 4.78 is 0. The summed E-state index contributed by atoms with van der Waals surface area (Å²) in [5.74, 6) is 1.60. The van der Waals surface area contributed by atoms with Crippen LogP contribution < -0.4 is 10.6 Å². The number of aromatic nitrogens is 2. The average molecular weight is 269 g/mol. The molecule has 1 unspecified atom stereocenters. The zero-order chi connectivity index (χ0) is 13.1. The van der Waals surface area contributed by atoms with E-state index in [0.29, 0.717) is 18.1 Å². The van der Waals surface area contributed by atoms with Gasteiger partial charge in [0.1, 0.15) is 16.8 Å². The van der Waals surface area contributed by atoms with Gasteiger partial charge in [0.15, 0.2) is 0 Å². The molecule has 1 aliphatic rings. The quantitative estimate of drug-likeness (QED) is 0.816. The van der Waals surface area contributed by atoms with Crippen molar-refractivity contribution in [3.8, 4) is 0 Å². The number of carbonyl (C=O) groups excluding carboxylic acids is 1. The van der Waals surface area contributed by atoms with Gasteiger partial charge in [-0.25, -0.2) is 9.97 Å². The molecule has 0 aliphatic carbocycles. The SMILES string of the molecule is CCc1nc(Cl)c(C)c(NCC2CCC(=O)N2)n1. The van der Waals surface area contributed by atoms with E-state index in [1.807, 2.05) is 13.8 Å². The molecule has 0 spiro atoms. The Morgan fingerprint density at radius 2 is 2.28 bits per heavy atom. The van der Waals surface area contributed by atoms with Crippen molar-refractivity contribution in [2.75, 3.05) is 11.9 Å². The summed E-state index contributed by atoms with van der Waals surface area (Å²) in [6.07, 6.45) is 2.22. The fraction of sp³-hybridized carbons (Fsp3) is 0.583. The molecule has 18 heavy (non-hydrogen) atoms. The molecule has 1 saturated heterocycles. The molecule has 6 heteroatoms. The van der Waals surface area contributed by atoms with Crippen LogP contribution in [0, 0.1) is 6.92 Å². The number of anilines is 1. The molecule has 1 aromatic heterocycles. The van der Waals surface area contributed by atoms with Gasteiger partial charge in [-0.2, -0.15) is 0 Å². The summed E-state index contributed by atoms with van der Waals surface area (Å²) in [7, 11) is 0. The molecule has 0 aromatic carbocycles. The summed E-state index contributed by atoms with van der Waals surface area (Å²) >= 11 is 6.06. The number of hydrogen-bond acceptors (Lipinski definition) is 4. The van der Waals surface area contributed by atoms with Crippen LogP contribution in [0.3, 0.4) is 0 Å². The maximum atomic E-state index is 11.1. The molecule has 1 aromatic rings. The molecule has 2 N–H and O–H groups in total. The lowest BCUT2D eigenvalue weighted by atomic mass is 10.2. The van der Waals surface area contributed by atoms with Crippen molar-refractivity contribution in [3.63, 3.8) is 0 Å². The molecule has 1 amide bonds. The first-order valence-electron chi connectivity index (χ1n) is 6.16. The van der Waals surface area contributed by atoms with Crippen molar-refractivity contribution in [1.82, 2.24) is 15.3 Å². The van der Waals surface area contributed by atoms with Gasteiger partial charge in [0, 0.05) is 31.0 Å². The van der Waals surface area contributed by atoms with Crippen LogP contribution >= 0.6 is 11.6 Å². The van der Waals surface area contributed by atoms with Crippen molar-refractivity contribution >= 4 is 23.3 Å². The number of nitrogens with zero attached hydrogens (tertiary/aromatic N) is 2. The zero-order valence-corrected chi connectivity index (χ0v) is 11.3. The first-order chi connectivity index (χ1) is 8.60. The van der Waals surface area contributed by atoms with E-state index in [-0.39, 0.29) is 11.9 Å². The largest absolute Gasteiger partial charge is 0.368 e. The Hall–Kier alpha value is -1.36. The summed E-state index contributed by atoms with van der Waals surface area (Å²) in [5, 5.41) is 6.64. The molecular formula is C12H17ClN4O. The van der Waals surface area contributed by atoms with E-state index in [1.54, 1.807) is 0 Å². The smallest absolute Gasteiger partial charge is 0.220 e. The van der Waals surface area contributed by atoms with E-state index < -0.39 is 0 Å². The van der Waals surface area contributed by atoms with Crippen molar-refractivity contribution in [2.24, 2.45) is 0 Å². The Kier molecular flexibility index (Phi) is 4.01. The number of amides is 1. The summed E-state index contributed by atoms with van der Waals surface area (Å²) in [4.78, 5) is 19.7. The maximum Gasteiger partial charge on any atom is 0.220 e. The average Bonchev–Trinajstić information content (AvgIpc) is 2.77. The summed E-state index contributed by atoms with van der Waals surface area (Å²) in [6, 6.07) is 0.177. The summed E-state index contributed by atoms with van der Waals surface area (Å²) in [6.45, 7) is 4.54. The first kappa shape index (κ1) is 13.1. The third kappa shape index (κ3) is 2.90. The lowest BCUT2D eigenvalue weighted by molar-refractivity contribution is -0.119.